The predicted molar refractivity (Wildman–Crippen MR) is 147 cm³/mol. The van der Waals surface area contributed by atoms with Crippen molar-refractivity contribution in [2.24, 2.45) is 0 Å². The summed E-state index contributed by atoms with van der Waals surface area (Å²) < 4.78 is 5.62. The fraction of sp³-hybridized carbons (Fsp3) is 0.387. The average molecular weight is 487 g/mol. The molecule has 36 heavy (non-hydrogen) atoms. The number of carbonyl (C=O) groups excluding carboxylic acids is 1. The first kappa shape index (κ1) is 25.8. The van der Waals surface area contributed by atoms with Gasteiger partial charge in [0.05, 0.1) is 19.1 Å². The highest BCUT2D eigenvalue weighted by atomic mass is 16.5. The summed E-state index contributed by atoms with van der Waals surface area (Å²) in [4.78, 5) is 18.2. The average Bonchev–Trinajstić information content (AvgIpc) is 2.90. The van der Waals surface area contributed by atoms with Crippen LogP contribution in [0.15, 0.2) is 66.7 Å². The third-order valence-electron chi connectivity index (χ3n) is 7.02. The van der Waals surface area contributed by atoms with Gasteiger partial charge in [0.15, 0.2) is 0 Å². The molecule has 1 aliphatic carbocycles. The van der Waals surface area contributed by atoms with E-state index in [1.54, 1.807) is 0 Å². The molecule has 1 amide bonds. The van der Waals surface area contributed by atoms with Crippen LogP contribution in [-0.4, -0.2) is 38.3 Å². The van der Waals surface area contributed by atoms with E-state index >= 15 is 0 Å². The smallest absolute Gasteiger partial charge is 0.234 e. The van der Waals surface area contributed by atoms with Gasteiger partial charge in [-0.3, -0.25) is 4.79 Å². The third kappa shape index (κ3) is 5.90. The standard InChI is InChI=1S/C31H38N2O3/c1-22(2)24-10-14-27(15-11-24)33(21-23-8-12-26(13-9-23)32(3)4)31(35)30-7-5-6-25-20-28(36-19-18-34)16-17-29(25)30/h8-17,20,22,30,34H,5-7,18-19,21H2,1-4H3. The topological polar surface area (TPSA) is 53.0 Å². The molecule has 5 nitrogen and oxygen atoms in total. The molecule has 0 bridgehead atoms. The van der Waals surface area contributed by atoms with Crippen LogP contribution in [0.25, 0.3) is 0 Å². The molecule has 0 saturated carbocycles. The van der Waals surface area contributed by atoms with Gasteiger partial charge in [-0.05, 0) is 83.8 Å². The number of rotatable bonds is 9. The molecule has 1 N–H and O–H groups in total. The molecule has 190 valence electrons. The maximum absolute atomic E-state index is 14.2. The van der Waals surface area contributed by atoms with E-state index in [2.05, 4.69) is 67.3 Å². The van der Waals surface area contributed by atoms with Crippen LogP contribution in [0.1, 0.15) is 60.8 Å². The second-order valence-electron chi connectivity index (χ2n) is 10.1. The van der Waals surface area contributed by atoms with Gasteiger partial charge < -0.3 is 19.6 Å². The Morgan fingerprint density at radius 3 is 2.33 bits per heavy atom. The van der Waals surface area contributed by atoms with Crippen molar-refractivity contribution in [1.29, 1.82) is 0 Å². The molecule has 0 aromatic heterocycles. The number of anilines is 2. The van der Waals surface area contributed by atoms with Crippen molar-refractivity contribution < 1.29 is 14.6 Å². The molecule has 3 aromatic carbocycles. The largest absolute Gasteiger partial charge is 0.491 e. The van der Waals surface area contributed by atoms with E-state index in [0.717, 1.165) is 47.5 Å². The van der Waals surface area contributed by atoms with E-state index in [-0.39, 0.29) is 25.0 Å². The van der Waals surface area contributed by atoms with Gasteiger partial charge in [-0.2, -0.15) is 0 Å². The third-order valence-corrected chi connectivity index (χ3v) is 7.02. The van der Waals surface area contributed by atoms with Gasteiger partial charge in [0.25, 0.3) is 0 Å². The number of aliphatic hydroxyl groups excluding tert-OH is 1. The SMILES string of the molecule is CC(C)c1ccc(N(Cc2ccc(N(C)C)cc2)C(=O)C2CCCc3cc(OCCO)ccc32)cc1. The first-order valence-corrected chi connectivity index (χ1v) is 12.9. The number of aliphatic hydroxyl groups is 1. The first-order valence-electron chi connectivity index (χ1n) is 12.9. The maximum Gasteiger partial charge on any atom is 0.234 e. The molecule has 0 aliphatic heterocycles. The van der Waals surface area contributed by atoms with E-state index in [9.17, 15) is 4.79 Å². The van der Waals surface area contributed by atoms with Crippen molar-refractivity contribution in [3.8, 4) is 5.75 Å². The number of aryl methyl sites for hydroxylation is 1. The summed E-state index contributed by atoms with van der Waals surface area (Å²) in [7, 11) is 4.06. The minimum Gasteiger partial charge on any atom is -0.491 e. The molecule has 0 saturated heterocycles. The number of amides is 1. The van der Waals surface area contributed by atoms with Gasteiger partial charge in [0.2, 0.25) is 5.91 Å². The molecule has 0 fully saturated rings. The Morgan fingerprint density at radius 2 is 1.69 bits per heavy atom. The highest BCUT2D eigenvalue weighted by molar-refractivity contribution is 5.98. The van der Waals surface area contributed by atoms with Crippen LogP contribution in [-0.2, 0) is 17.8 Å². The summed E-state index contributed by atoms with van der Waals surface area (Å²) >= 11 is 0. The van der Waals surface area contributed by atoms with Gasteiger partial charge >= 0.3 is 0 Å². The lowest BCUT2D eigenvalue weighted by molar-refractivity contribution is -0.120. The quantitative estimate of drug-likeness (QED) is 0.409. The monoisotopic (exact) mass is 486 g/mol. The van der Waals surface area contributed by atoms with Gasteiger partial charge in [-0.1, -0.05) is 44.2 Å². The van der Waals surface area contributed by atoms with Crippen molar-refractivity contribution in [2.45, 2.75) is 51.5 Å². The van der Waals surface area contributed by atoms with Crippen LogP contribution < -0.4 is 14.5 Å². The Bertz CT molecular complexity index is 1150. The second-order valence-corrected chi connectivity index (χ2v) is 10.1. The molecule has 1 aliphatic rings. The summed E-state index contributed by atoms with van der Waals surface area (Å²) in [6.45, 7) is 5.15. The van der Waals surface area contributed by atoms with Crippen LogP contribution in [0.4, 0.5) is 11.4 Å². The van der Waals surface area contributed by atoms with Crippen molar-refractivity contribution in [3.05, 3.63) is 89.0 Å². The van der Waals surface area contributed by atoms with Crippen molar-refractivity contribution >= 4 is 17.3 Å². The Labute approximate surface area is 215 Å². The zero-order chi connectivity index (χ0) is 25.7. The van der Waals surface area contributed by atoms with Crippen LogP contribution >= 0.6 is 0 Å². The fourth-order valence-electron chi connectivity index (χ4n) is 4.91. The lowest BCUT2D eigenvalue weighted by Gasteiger charge is -2.31. The van der Waals surface area contributed by atoms with Crippen molar-refractivity contribution in [2.75, 3.05) is 37.1 Å². The molecule has 0 spiro atoms. The molecule has 1 unspecified atom stereocenters. The maximum atomic E-state index is 14.2. The molecule has 4 rings (SSSR count). The van der Waals surface area contributed by atoms with Crippen LogP contribution in [0.2, 0.25) is 0 Å². The number of hydrogen-bond donors (Lipinski definition) is 1. The van der Waals surface area contributed by atoms with Gasteiger partial charge in [0, 0.05) is 25.5 Å². The lowest BCUT2D eigenvalue weighted by atomic mass is 9.81. The molecule has 0 radical (unpaired) electrons. The van der Waals surface area contributed by atoms with Gasteiger partial charge in [-0.15, -0.1) is 0 Å². The summed E-state index contributed by atoms with van der Waals surface area (Å²) in [5, 5.41) is 9.08. The van der Waals surface area contributed by atoms with Crippen LogP contribution in [0.5, 0.6) is 5.75 Å². The van der Waals surface area contributed by atoms with Gasteiger partial charge in [-0.25, -0.2) is 0 Å². The van der Waals surface area contributed by atoms with E-state index in [1.165, 1.54) is 11.1 Å². The summed E-state index contributed by atoms with van der Waals surface area (Å²) in [5.41, 5.74) is 6.69. The highest BCUT2D eigenvalue weighted by Gasteiger charge is 2.31. The lowest BCUT2D eigenvalue weighted by Crippen LogP contribution is -2.36. The first-order chi connectivity index (χ1) is 17.4. The number of carbonyl (C=O) groups is 1. The molecular weight excluding hydrogens is 448 g/mol. The Kier molecular flexibility index (Phi) is 8.32. The molecule has 1 atom stereocenters. The normalized spacial score (nSPS) is 14.9. The predicted octanol–water partition coefficient (Wildman–Crippen LogP) is 5.90. The van der Waals surface area contributed by atoms with E-state index in [0.29, 0.717) is 12.5 Å². The van der Waals surface area contributed by atoms with Crippen molar-refractivity contribution in [1.82, 2.24) is 0 Å². The molecular formula is C31H38N2O3. The highest BCUT2D eigenvalue weighted by Crippen LogP contribution is 2.37. The number of benzene rings is 3. The summed E-state index contributed by atoms with van der Waals surface area (Å²) in [6.07, 6.45) is 2.73. The molecule has 3 aromatic rings. The summed E-state index contributed by atoms with van der Waals surface area (Å²) in [5.74, 6) is 1.13. The number of fused-ring (bicyclic) bond motifs is 1. The number of nitrogens with zero attached hydrogens (tertiary/aromatic N) is 2. The zero-order valence-electron chi connectivity index (χ0n) is 21.9. The minimum absolute atomic E-state index is 0.0156. The number of ether oxygens (including phenoxy) is 1. The van der Waals surface area contributed by atoms with Crippen LogP contribution in [0.3, 0.4) is 0 Å². The van der Waals surface area contributed by atoms with E-state index in [4.69, 9.17) is 9.84 Å². The van der Waals surface area contributed by atoms with Crippen molar-refractivity contribution in [3.63, 3.8) is 0 Å². The van der Waals surface area contributed by atoms with E-state index < -0.39 is 0 Å². The van der Waals surface area contributed by atoms with E-state index in [1.807, 2.05) is 37.2 Å². The zero-order valence-corrected chi connectivity index (χ0v) is 21.9. The Hall–Kier alpha value is -3.31. The Morgan fingerprint density at radius 1 is 1.00 bits per heavy atom. The molecule has 5 heteroatoms. The van der Waals surface area contributed by atoms with Gasteiger partial charge in [0.1, 0.15) is 12.4 Å². The fourth-order valence-corrected chi connectivity index (χ4v) is 4.91. The molecule has 0 heterocycles. The summed E-state index contributed by atoms with van der Waals surface area (Å²) in [6, 6.07) is 22.8. The Balaban J connectivity index is 1.65. The second kappa shape index (κ2) is 11.6. The number of hydrogen-bond acceptors (Lipinski definition) is 4. The van der Waals surface area contributed by atoms with Crippen LogP contribution in [0, 0.1) is 0 Å². The minimum atomic E-state index is -0.188.